The molecule has 0 radical (unpaired) electrons. The Morgan fingerprint density at radius 2 is 1.63 bits per heavy atom. The van der Waals surface area contributed by atoms with Gasteiger partial charge in [0.1, 0.15) is 12.4 Å². The van der Waals surface area contributed by atoms with Gasteiger partial charge in [0, 0.05) is 14.1 Å². The van der Waals surface area contributed by atoms with E-state index in [0.29, 0.717) is 18.3 Å². The van der Waals surface area contributed by atoms with Gasteiger partial charge in [-0.2, -0.15) is 0 Å². The molecule has 0 bridgehead atoms. The molecule has 0 aliphatic carbocycles. The van der Waals surface area contributed by atoms with Crippen LogP contribution >= 0.6 is 0 Å². The molecule has 5 heteroatoms. The molecule has 0 unspecified atom stereocenters. The maximum absolute atomic E-state index is 5.62. The van der Waals surface area contributed by atoms with Crippen LogP contribution in [-0.4, -0.2) is 31.2 Å². The van der Waals surface area contributed by atoms with Gasteiger partial charge in [0.15, 0.2) is 5.75 Å². The second kappa shape index (κ2) is 6.04. The quantitative estimate of drug-likeness (QED) is 0.823. The first-order valence-corrected chi connectivity index (χ1v) is 5.94. The molecule has 2 rings (SSSR count). The summed E-state index contributed by atoms with van der Waals surface area (Å²) >= 11 is 0. The molecule has 1 aromatic carbocycles. The minimum atomic E-state index is 0.481. The van der Waals surface area contributed by atoms with Crippen LogP contribution in [0.1, 0.15) is 5.56 Å². The summed E-state index contributed by atoms with van der Waals surface area (Å²) in [5.41, 5.74) is 1.07. The van der Waals surface area contributed by atoms with E-state index < -0.39 is 0 Å². The van der Waals surface area contributed by atoms with Crippen molar-refractivity contribution in [1.29, 1.82) is 0 Å². The van der Waals surface area contributed by atoms with Crippen molar-refractivity contribution >= 4 is 5.95 Å². The SMILES string of the molecule is COc1ccc(COc2cnc(N(C)C)nc2)cc1. The zero-order valence-corrected chi connectivity index (χ0v) is 11.3. The molecule has 1 heterocycles. The van der Waals surface area contributed by atoms with E-state index in [9.17, 15) is 0 Å². The molecular weight excluding hydrogens is 242 g/mol. The number of rotatable bonds is 5. The maximum Gasteiger partial charge on any atom is 0.224 e. The molecule has 5 nitrogen and oxygen atoms in total. The van der Waals surface area contributed by atoms with Gasteiger partial charge in [0.25, 0.3) is 0 Å². The monoisotopic (exact) mass is 259 g/mol. The fraction of sp³-hybridized carbons (Fsp3) is 0.286. The van der Waals surface area contributed by atoms with Gasteiger partial charge in [-0.25, -0.2) is 9.97 Å². The first-order chi connectivity index (χ1) is 9.19. The van der Waals surface area contributed by atoms with Crippen molar-refractivity contribution in [2.24, 2.45) is 0 Å². The Balaban J connectivity index is 1.94. The Morgan fingerprint density at radius 1 is 1.00 bits per heavy atom. The predicted octanol–water partition coefficient (Wildman–Crippen LogP) is 2.13. The molecule has 0 amide bonds. The Morgan fingerprint density at radius 3 is 2.16 bits per heavy atom. The summed E-state index contributed by atoms with van der Waals surface area (Å²) in [6.07, 6.45) is 3.34. The molecule has 0 aliphatic heterocycles. The molecule has 19 heavy (non-hydrogen) atoms. The van der Waals surface area contributed by atoms with Crippen LogP contribution in [0.5, 0.6) is 11.5 Å². The number of benzene rings is 1. The Hall–Kier alpha value is -2.30. The molecule has 0 N–H and O–H groups in total. The first kappa shape index (κ1) is 13.1. The average Bonchev–Trinajstić information content (AvgIpc) is 2.46. The third kappa shape index (κ3) is 3.58. The number of methoxy groups -OCH3 is 1. The molecule has 0 saturated heterocycles. The summed E-state index contributed by atoms with van der Waals surface area (Å²) in [7, 11) is 5.44. The van der Waals surface area contributed by atoms with Gasteiger partial charge in [-0.3, -0.25) is 0 Å². The number of anilines is 1. The van der Waals surface area contributed by atoms with Crippen LogP contribution in [-0.2, 0) is 6.61 Å². The second-order valence-corrected chi connectivity index (χ2v) is 4.25. The van der Waals surface area contributed by atoms with E-state index in [1.54, 1.807) is 19.5 Å². The highest BCUT2D eigenvalue weighted by Crippen LogP contribution is 2.15. The Labute approximate surface area is 112 Å². The number of hydrogen-bond acceptors (Lipinski definition) is 5. The minimum absolute atomic E-state index is 0.481. The van der Waals surface area contributed by atoms with Crippen LogP contribution in [0.15, 0.2) is 36.7 Å². The van der Waals surface area contributed by atoms with E-state index in [4.69, 9.17) is 9.47 Å². The van der Waals surface area contributed by atoms with Gasteiger partial charge in [0.2, 0.25) is 5.95 Å². The van der Waals surface area contributed by atoms with Gasteiger partial charge in [0.05, 0.1) is 19.5 Å². The lowest BCUT2D eigenvalue weighted by atomic mass is 10.2. The molecule has 0 aliphatic rings. The van der Waals surface area contributed by atoms with Crippen LogP contribution in [0, 0.1) is 0 Å². The molecule has 0 atom stereocenters. The fourth-order valence-corrected chi connectivity index (χ4v) is 1.50. The predicted molar refractivity (Wildman–Crippen MR) is 73.7 cm³/mol. The topological polar surface area (TPSA) is 47.5 Å². The zero-order valence-electron chi connectivity index (χ0n) is 11.3. The van der Waals surface area contributed by atoms with Gasteiger partial charge in [-0.15, -0.1) is 0 Å². The number of hydrogen-bond donors (Lipinski definition) is 0. The first-order valence-electron chi connectivity index (χ1n) is 5.94. The van der Waals surface area contributed by atoms with Crippen molar-refractivity contribution < 1.29 is 9.47 Å². The number of nitrogens with zero attached hydrogens (tertiary/aromatic N) is 3. The molecular formula is C14H17N3O2. The number of aromatic nitrogens is 2. The van der Waals surface area contributed by atoms with E-state index in [0.717, 1.165) is 11.3 Å². The van der Waals surface area contributed by atoms with Crippen molar-refractivity contribution in [1.82, 2.24) is 9.97 Å². The third-order valence-corrected chi connectivity index (χ3v) is 2.58. The van der Waals surface area contributed by atoms with Crippen LogP contribution in [0.4, 0.5) is 5.95 Å². The van der Waals surface area contributed by atoms with Crippen molar-refractivity contribution in [3.63, 3.8) is 0 Å². The molecule has 0 fully saturated rings. The van der Waals surface area contributed by atoms with Crippen LogP contribution in [0.25, 0.3) is 0 Å². The van der Waals surface area contributed by atoms with Crippen LogP contribution < -0.4 is 14.4 Å². The lowest BCUT2D eigenvalue weighted by Gasteiger charge is -2.10. The molecule has 0 spiro atoms. The maximum atomic E-state index is 5.62. The lowest BCUT2D eigenvalue weighted by molar-refractivity contribution is 0.303. The van der Waals surface area contributed by atoms with Crippen molar-refractivity contribution in [3.05, 3.63) is 42.2 Å². The highest BCUT2D eigenvalue weighted by Gasteiger charge is 2.01. The molecule has 100 valence electrons. The van der Waals surface area contributed by atoms with Gasteiger partial charge >= 0.3 is 0 Å². The molecule has 2 aromatic rings. The summed E-state index contributed by atoms with van der Waals surface area (Å²) < 4.78 is 10.7. The highest BCUT2D eigenvalue weighted by molar-refractivity contribution is 5.29. The van der Waals surface area contributed by atoms with Crippen LogP contribution in [0.2, 0.25) is 0 Å². The van der Waals surface area contributed by atoms with E-state index >= 15 is 0 Å². The zero-order chi connectivity index (χ0) is 13.7. The van der Waals surface area contributed by atoms with Gasteiger partial charge in [-0.1, -0.05) is 12.1 Å². The lowest BCUT2D eigenvalue weighted by Crippen LogP contribution is -2.12. The van der Waals surface area contributed by atoms with Crippen LogP contribution in [0.3, 0.4) is 0 Å². The second-order valence-electron chi connectivity index (χ2n) is 4.25. The number of ether oxygens (including phenoxy) is 2. The normalized spacial score (nSPS) is 10.1. The standard InChI is InChI=1S/C14H17N3O2/c1-17(2)14-15-8-13(9-16-14)19-10-11-4-6-12(18-3)7-5-11/h4-9H,10H2,1-3H3. The molecule has 0 saturated carbocycles. The minimum Gasteiger partial charge on any atom is -0.497 e. The van der Waals surface area contributed by atoms with Crippen molar-refractivity contribution in [2.75, 3.05) is 26.1 Å². The van der Waals surface area contributed by atoms with E-state index in [1.807, 2.05) is 43.3 Å². The summed E-state index contributed by atoms with van der Waals surface area (Å²) in [6, 6.07) is 7.75. The van der Waals surface area contributed by atoms with E-state index in [-0.39, 0.29) is 0 Å². The third-order valence-electron chi connectivity index (χ3n) is 2.58. The van der Waals surface area contributed by atoms with Crippen molar-refractivity contribution in [2.45, 2.75) is 6.61 Å². The average molecular weight is 259 g/mol. The van der Waals surface area contributed by atoms with E-state index in [2.05, 4.69) is 9.97 Å². The smallest absolute Gasteiger partial charge is 0.224 e. The summed E-state index contributed by atoms with van der Waals surface area (Å²) in [6.45, 7) is 0.481. The summed E-state index contributed by atoms with van der Waals surface area (Å²) in [5, 5.41) is 0. The highest BCUT2D eigenvalue weighted by atomic mass is 16.5. The van der Waals surface area contributed by atoms with Gasteiger partial charge in [-0.05, 0) is 17.7 Å². The fourth-order valence-electron chi connectivity index (χ4n) is 1.50. The summed E-state index contributed by atoms with van der Waals surface area (Å²) in [5.74, 6) is 2.15. The van der Waals surface area contributed by atoms with Crippen molar-refractivity contribution in [3.8, 4) is 11.5 Å². The van der Waals surface area contributed by atoms with Gasteiger partial charge < -0.3 is 14.4 Å². The van der Waals surface area contributed by atoms with E-state index in [1.165, 1.54) is 0 Å². The molecule has 1 aromatic heterocycles. The Kier molecular flexibility index (Phi) is 4.18. The summed E-state index contributed by atoms with van der Waals surface area (Å²) in [4.78, 5) is 10.2. The largest absolute Gasteiger partial charge is 0.497 e. The Bertz CT molecular complexity index is 509.